The fourth-order valence-corrected chi connectivity index (χ4v) is 6.62. The van der Waals surface area contributed by atoms with Crippen molar-refractivity contribution in [2.45, 2.75) is 70.4 Å². The molecule has 2 saturated carbocycles. The van der Waals surface area contributed by atoms with Crippen LogP contribution in [0.2, 0.25) is 0 Å². The van der Waals surface area contributed by atoms with Crippen LogP contribution in [0.5, 0.6) is 0 Å². The quantitative estimate of drug-likeness (QED) is 0.346. The number of hydrogen-bond donors (Lipinski definition) is 3. The number of nitrogens with one attached hydrogen (secondary N) is 3. The predicted molar refractivity (Wildman–Crippen MR) is 131 cm³/mol. The topological polar surface area (TPSA) is 147 Å². The Morgan fingerprint density at radius 1 is 1.09 bits per heavy atom. The fraction of sp³-hybridized carbons (Fsp3) is 0.609. The van der Waals surface area contributed by atoms with E-state index in [-0.39, 0.29) is 35.8 Å². The molecule has 5 rings (SSSR count). The Morgan fingerprint density at radius 2 is 1.80 bits per heavy atom. The summed E-state index contributed by atoms with van der Waals surface area (Å²) in [5.41, 5.74) is 1.56. The van der Waals surface area contributed by atoms with Gasteiger partial charge in [-0.1, -0.05) is 6.92 Å². The molecule has 2 aliphatic carbocycles. The second-order valence-corrected chi connectivity index (χ2v) is 12.1. The summed E-state index contributed by atoms with van der Waals surface area (Å²) in [5, 5.41) is 13.5. The van der Waals surface area contributed by atoms with Gasteiger partial charge in [-0.05, 0) is 56.9 Å². The number of sulfone groups is 1. The van der Waals surface area contributed by atoms with E-state index in [2.05, 4.69) is 31.0 Å². The number of fused-ring (bicyclic) bond motifs is 1. The van der Waals surface area contributed by atoms with E-state index in [0.29, 0.717) is 41.1 Å². The number of carbonyl (C=O) groups excluding carboxylic acids is 2. The molecule has 2 amide bonds. The largest absolute Gasteiger partial charge is 0.351 e. The molecule has 11 nitrogen and oxygen atoms in total. The van der Waals surface area contributed by atoms with Crippen molar-refractivity contribution < 1.29 is 18.0 Å². The summed E-state index contributed by atoms with van der Waals surface area (Å²) in [6, 6.07) is 0.505. The molecular formula is C23H31N7O4S. The Hall–Kier alpha value is -3.02. The van der Waals surface area contributed by atoms with E-state index in [1.165, 1.54) is 0 Å². The minimum Gasteiger partial charge on any atom is -0.351 e. The number of anilines is 2. The van der Waals surface area contributed by atoms with Crippen LogP contribution in [0.3, 0.4) is 0 Å². The lowest BCUT2D eigenvalue weighted by Gasteiger charge is -2.29. The molecule has 3 fully saturated rings. The zero-order chi connectivity index (χ0) is 24.6. The molecule has 0 radical (unpaired) electrons. The molecule has 2 aromatic rings. The van der Waals surface area contributed by atoms with E-state index in [0.717, 1.165) is 38.5 Å². The Bertz CT molecular complexity index is 1270. The van der Waals surface area contributed by atoms with E-state index in [1.807, 2.05) is 6.92 Å². The van der Waals surface area contributed by atoms with Crippen LogP contribution in [-0.4, -0.2) is 63.4 Å². The first-order chi connectivity index (χ1) is 16.8. The third kappa shape index (κ3) is 5.63. The van der Waals surface area contributed by atoms with Crippen molar-refractivity contribution >= 4 is 45.3 Å². The van der Waals surface area contributed by atoms with Gasteiger partial charge in [0.1, 0.15) is 0 Å². The van der Waals surface area contributed by atoms with E-state index < -0.39 is 15.7 Å². The lowest BCUT2D eigenvalue weighted by Crippen LogP contribution is -2.30. The molecule has 0 unspecified atom stereocenters. The molecule has 0 spiro atoms. The van der Waals surface area contributed by atoms with Crippen LogP contribution in [0.4, 0.5) is 11.9 Å². The van der Waals surface area contributed by atoms with Crippen LogP contribution in [0.1, 0.15) is 63.9 Å². The van der Waals surface area contributed by atoms with Gasteiger partial charge >= 0.3 is 0 Å². The number of carbonyl (C=O) groups is 2. The van der Waals surface area contributed by atoms with E-state index in [9.17, 15) is 18.0 Å². The van der Waals surface area contributed by atoms with Crippen LogP contribution in [0, 0.1) is 5.92 Å². The van der Waals surface area contributed by atoms with E-state index >= 15 is 0 Å². The van der Waals surface area contributed by atoms with Gasteiger partial charge in [-0.25, -0.2) is 8.42 Å². The Labute approximate surface area is 204 Å². The molecule has 188 valence electrons. The number of aromatic nitrogens is 4. The molecule has 35 heavy (non-hydrogen) atoms. The van der Waals surface area contributed by atoms with Crippen molar-refractivity contribution in [3.8, 4) is 0 Å². The summed E-state index contributed by atoms with van der Waals surface area (Å²) >= 11 is 0. The van der Waals surface area contributed by atoms with Crippen LogP contribution in [0.15, 0.2) is 11.8 Å². The smallest absolute Gasteiger partial charge is 0.254 e. The molecule has 1 saturated heterocycles. The van der Waals surface area contributed by atoms with Crippen molar-refractivity contribution in [2.75, 3.05) is 22.1 Å². The van der Waals surface area contributed by atoms with E-state index in [4.69, 9.17) is 0 Å². The summed E-state index contributed by atoms with van der Waals surface area (Å²) in [4.78, 5) is 33.0. The zero-order valence-corrected chi connectivity index (χ0v) is 20.6. The van der Waals surface area contributed by atoms with Crippen molar-refractivity contribution in [1.82, 2.24) is 24.9 Å². The highest BCUT2D eigenvalue weighted by molar-refractivity contribution is 7.91. The highest BCUT2D eigenvalue weighted by Crippen LogP contribution is 2.29. The van der Waals surface area contributed by atoms with E-state index in [1.54, 1.807) is 16.8 Å². The molecule has 0 atom stereocenters. The average Bonchev–Trinajstić information content (AvgIpc) is 3.43. The maximum atomic E-state index is 12.2. The van der Waals surface area contributed by atoms with Gasteiger partial charge in [0.25, 0.3) is 5.91 Å². The monoisotopic (exact) mass is 501 g/mol. The average molecular weight is 502 g/mol. The second kappa shape index (κ2) is 9.56. The Balaban J connectivity index is 1.34. The lowest BCUT2D eigenvalue weighted by atomic mass is 9.87. The third-order valence-electron chi connectivity index (χ3n) is 6.72. The zero-order valence-electron chi connectivity index (χ0n) is 19.8. The number of hydrogen-bond acceptors (Lipinski definition) is 9. The fourth-order valence-electron chi connectivity index (χ4n) is 4.78. The molecular weight excluding hydrogens is 470 g/mol. The van der Waals surface area contributed by atoms with Gasteiger partial charge in [0.15, 0.2) is 15.5 Å². The van der Waals surface area contributed by atoms with Gasteiger partial charge in [-0.2, -0.15) is 19.6 Å². The molecule has 0 bridgehead atoms. The molecule has 3 aliphatic rings. The minimum absolute atomic E-state index is 0.0385. The maximum Gasteiger partial charge on any atom is 0.254 e. The second-order valence-electron chi connectivity index (χ2n) is 9.82. The normalized spacial score (nSPS) is 24.2. The SMILES string of the molecule is CCCS(=O)(=O)CC1CCC(Nc2nc(NC3CC3)n3ncc(/C=C4\CC(=O)NC4=O)c3n2)CC1. The summed E-state index contributed by atoms with van der Waals surface area (Å²) in [6.07, 6.45) is 9.52. The molecule has 2 aromatic heterocycles. The van der Waals surface area contributed by atoms with Crippen molar-refractivity contribution in [3.05, 3.63) is 17.3 Å². The highest BCUT2D eigenvalue weighted by atomic mass is 32.2. The van der Waals surface area contributed by atoms with Gasteiger partial charge in [-0.15, -0.1) is 0 Å². The molecule has 3 N–H and O–H groups in total. The van der Waals surface area contributed by atoms with Gasteiger partial charge < -0.3 is 10.6 Å². The van der Waals surface area contributed by atoms with Crippen LogP contribution in [-0.2, 0) is 19.4 Å². The summed E-state index contributed by atoms with van der Waals surface area (Å²) in [7, 11) is -2.98. The van der Waals surface area contributed by atoms with Crippen LogP contribution >= 0.6 is 0 Å². The number of imide groups is 1. The standard InChI is InChI=1S/C23H31N7O4S/c1-2-9-35(33,34)13-14-3-5-17(6-4-14)25-22-28-20-16(10-15-11-19(31)27-21(15)32)12-24-30(20)23(29-22)26-18-7-8-18/h10,12,14,17-18H,2-9,11,13H2,1H3,(H,27,31,32)(H2,25,26,28,29)/b15-10+. The minimum atomic E-state index is -2.98. The van der Waals surface area contributed by atoms with Crippen LogP contribution < -0.4 is 16.0 Å². The molecule has 1 aliphatic heterocycles. The molecule has 3 heterocycles. The third-order valence-corrected chi connectivity index (χ3v) is 8.73. The van der Waals surface area contributed by atoms with Gasteiger partial charge in [0.05, 0.1) is 18.4 Å². The maximum absolute atomic E-state index is 12.2. The number of amides is 2. The first kappa shape index (κ1) is 23.7. The highest BCUT2D eigenvalue weighted by Gasteiger charge is 2.28. The predicted octanol–water partition coefficient (Wildman–Crippen LogP) is 1.92. The van der Waals surface area contributed by atoms with Crippen molar-refractivity contribution in [2.24, 2.45) is 5.92 Å². The van der Waals surface area contributed by atoms with Crippen molar-refractivity contribution in [1.29, 1.82) is 0 Å². The Kier molecular flexibility index (Phi) is 6.47. The number of nitrogens with zero attached hydrogens (tertiary/aromatic N) is 4. The summed E-state index contributed by atoms with van der Waals surface area (Å²) in [5.74, 6) is 1.07. The van der Waals surface area contributed by atoms with Gasteiger partial charge in [0, 0.05) is 29.0 Å². The Morgan fingerprint density at radius 3 is 2.46 bits per heavy atom. The summed E-state index contributed by atoms with van der Waals surface area (Å²) in [6.45, 7) is 1.89. The van der Waals surface area contributed by atoms with Crippen LogP contribution in [0.25, 0.3) is 11.7 Å². The first-order valence-electron chi connectivity index (χ1n) is 12.3. The summed E-state index contributed by atoms with van der Waals surface area (Å²) < 4.78 is 26.0. The first-order valence-corrected chi connectivity index (χ1v) is 14.2. The molecule has 12 heteroatoms. The van der Waals surface area contributed by atoms with Gasteiger partial charge in [-0.3, -0.25) is 14.9 Å². The number of rotatable bonds is 9. The molecule has 0 aromatic carbocycles. The van der Waals surface area contributed by atoms with Gasteiger partial charge in [0.2, 0.25) is 17.8 Å². The lowest BCUT2D eigenvalue weighted by molar-refractivity contribution is -0.124. The van der Waals surface area contributed by atoms with Crippen molar-refractivity contribution in [3.63, 3.8) is 0 Å².